The normalized spacial score (nSPS) is 26.9. The monoisotopic (exact) mass is 213 g/mol. The molecule has 1 fully saturated rings. The van der Waals surface area contributed by atoms with E-state index in [1.54, 1.807) is 0 Å². The number of amides is 2. The van der Waals surface area contributed by atoms with Crippen LogP contribution in [0.4, 0.5) is 4.79 Å². The summed E-state index contributed by atoms with van der Waals surface area (Å²) in [5.74, 6) is 0. The van der Waals surface area contributed by atoms with E-state index in [9.17, 15) is 4.79 Å². The van der Waals surface area contributed by atoms with E-state index in [0.29, 0.717) is 6.54 Å². The van der Waals surface area contributed by atoms with Crippen molar-refractivity contribution in [1.29, 1.82) is 0 Å². The predicted octanol–water partition coefficient (Wildman–Crippen LogP) is 1.31. The van der Waals surface area contributed by atoms with Crippen molar-refractivity contribution in [2.24, 2.45) is 5.73 Å². The number of urea groups is 1. The average molecular weight is 213 g/mol. The van der Waals surface area contributed by atoms with Gasteiger partial charge in [-0.05, 0) is 33.1 Å². The Morgan fingerprint density at radius 1 is 1.60 bits per heavy atom. The van der Waals surface area contributed by atoms with Gasteiger partial charge in [0.25, 0.3) is 0 Å². The Balaban J connectivity index is 2.52. The first kappa shape index (κ1) is 12.3. The molecule has 0 radical (unpaired) electrons. The number of hydrogen-bond acceptors (Lipinski definition) is 2. The number of carbonyl (C=O) groups excluding carboxylic acids is 1. The highest BCUT2D eigenvalue weighted by atomic mass is 16.2. The number of nitrogens with zero attached hydrogens (tertiary/aromatic N) is 1. The largest absolute Gasteiger partial charge is 0.336 e. The first-order chi connectivity index (χ1) is 6.97. The Kier molecular flexibility index (Phi) is 3.97. The van der Waals surface area contributed by atoms with Crippen LogP contribution in [0, 0.1) is 0 Å². The van der Waals surface area contributed by atoms with Gasteiger partial charge in [0.05, 0.1) is 0 Å². The fourth-order valence-electron chi connectivity index (χ4n) is 1.96. The number of likely N-dealkylation sites (tertiary alicyclic amines) is 1. The van der Waals surface area contributed by atoms with Crippen LogP contribution >= 0.6 is 0 Å². The maximum absolute atomic E-state index is 11.8. The van der Waals surface area contributed by atoms with Gasteiger partial charge in [0.15, 0.2) is 0 Å². The molecule has 1 rings (SSSR count). The zero-order chi connectivity index (χ0) is 11.5. The Hall–Kier alpha value is -0.770. The van der Waals surface area contributed by atoms with E-state index in [-0.39, 0.29) is 17.6 Å². The zero-order valence-corrected chi connectivity index (χ0v) is 10.0. The summed E-state index contributed by atoms with van der Waals surface area (Å²) in [6, 6.07) is 0.209. The highest BCUT2D eigenvalue weighted by Crippen LogP contribution is 2.21. The van der Waals surface area contributed by atoms with Gasteiger partial charge in [0.2, 0.25) is 0 Å². The van der Waals surface area contributed by atoms with E-state index in [2.05, 4.69) is 12.2 Å². The van der Waals surface area contributed by atoms with Crippen molar-refractivity contribution in [3.8, 4) is 0 Å². The summed E-state index contributed by atoms with van der Waals surface area (Å²) in [6.45, 7) is 7.54. The van der Waals surface area contributed by atoms with Gasteiger partial charge in [-0.1, -0.05) is 6.92 Å². The molecule has 0 aromatic carbocycles. The summed E-state index contributed by atoms with van der Waals surface area (Å²) >= 11 is 0. The number of nitrogens with two attached hydrogens (primary N) is 1. The van der Waals surface area contributed by atoms with Crippen molar-refractivity contribution in [2.75, 3.05) is 13.1 Å². The molecular weight excluding hydrogens is 190 g/mol. The molecule has 1 unspecified atom stereocenters. The molecule has 1 aliphatic rings. The molecule has 4 nitrogen and oxygen atoms in total. The lowest BCUT2D eigenvalue weighted by molar-refractivity contribution is 0.147. The van der Waals surface area contributed by atoms with Crippen LogP contribution < -0.4 is 11.1 Å². The highest BCUT2D eigenvalue weighted by molar-refractivity contribution is 5.74. The molecule has 0 aromatic heterocycles. The quantitative estimate of drug-likeness (QED) is 0.726. The van der Waals surface area contributed by atoms with E-state index in [0.717, 1.165) is 25.8 Å². The van der Waals surface area contributed by atoms with Gasteiger partial charge >= 0.3 is 6.03 Å². The van der Waals surface area contributed by atoms with Crippen LogP contribution in [0.3, 0.4) is 0 Å². The lowest BCUT2D eigenvalue weighted by atomic mass is 9.88. The molecule has 3 N–H and O–H groups in total. The van der Waals surface area contributed by atoms with Crippen molar-refractivity contribution in [3.63, 3.8) is 0 Å². The van der Waals surface area contributed by atoms with Crippen molar-refractivity contribution in [3.05, 3.63) is 0 Å². The van der Waals surface area contributed by atoms with Crippen LogP contribution in [0.5, 0.6) is 0 Å². The summed E-state index contributed by atoms with van der Waals surface area (Å²) in [5.41, 5.74) is 6.02. The smallest absolute Gasteiger partial charge is 0.317 e. The molecule has 0 saturated carbocycles. The first-order valence-corrected chi connectivity index (χ1v) is 5.81. The van der Waals surface area contributed by atoms with E-state index in [4.69, 9.17) is 5.73 Å². The van der Waals surface area contributed by atoms with Crippen LogP contribution in [0.25, 0.3) is 0 Å². The SMILES string of the molecule is CCC1(N)CCCN(C(=O)NC(C)C)C1. The van der Waals surface area contributed by atoms with Gasteiger partial charge in [-0.3, -0.25) is 0 Å². The molecular formula is C11H23N3O. The Morgan fingerprint density at radius 3 is 2.80 bits per heavy atom. The summed E-state index contributed by atoms with van der Waals surface area (Å²) in [4.78, 5) is 13.6. The van der Waals surface area contributed by atoms with Crippen LogP contribution in [0.15, 0.2) is 0 Å². The molecule has 1 heterocycles. The van der Waals surface area contributed by atoms with E-state index in [1.807, 2.05) is 18.7 Å². The molecule has 0 aromatic rings. The van der Waals surface area contributed by atoms with Crippen LogP contribution in [0.2, 0.25) is 0 Å². The van der Waals surface area contributed by atoms with Crippen molar-refractivity contribution < 1.29 is 4.79 Å². The minimum Gasteiger partial charge on any atom is -0.336 e. The van der Waals surface area contributed by atoms with Crippen LogP contribution in [-0.4, -0.2) is 35.6 Å². The van der Waals surface area contributed by atoms with Crippen LogP contribution in [-0.2, 0) is 0 Å². The van der Waals surface area contributed by atoms with Crippen molar-refractivity contribution >= 4 is 6.03 Å². The van der Waals surface area contributed by atoms with Gasteiger partial charge < -0.3 is 16.0 Å². The Morgan fingerprint density at radius 2 is 2.27 bits per heavy atom. The topological polar surface area (TPSA) is 58.4 Å². The van der Waals surface area contributed by atoms with Gasteiger partial charge in [-0.2, -0.15) is 0 Å². The number of rotatable bonds is 2. The summed E-state index contributed by atoms with van der Waals surface area (Å²) < 4.78 is 0. The lowest BCUT2D eigenvalue weighted by Gasteiger charge is -2.40. The third kappa shape index (κ3) is 3.38. The molecule has 0 bridgehead atoms. The molecule has 1 aliphatic heterocycles. The van der Waals surface area contributed by atoms with Gasteiger partial charge in [0.1, 0.15) is 0 Å². The molecule has 2 amide bonds. The fourth-order valence-corrected chi connectivity index (χ4v) is 1.96. The molecule has 0 spiro atoms. The summed E-state index contributed by atoms with van der Waals surface area (Å²) in [7, 11) is 0. The van der Waals surface area contributed by atoms with E-state index in [1.165, 1.54) is 0 Å². The summed E-state index contributed by atoms with van der Waals surface area (Å²) in [5, 5.41) is 2.91. The maximum atomic E-state index is 11.8. The van der Waals surface area contributed by atoms with Crippen molar-refractivity contribution in [2.45, 2.75) is 51.6 Å². The minimum atomic E-state index is -0.174. The summed E-state index contributed by atoms with van der Waals surface area (Å²) in [6.07, 6.45) is 2.96. The van der Waals surface area contributed by atoms with Gasteiger partial charge in [-0.15, -0.1) is 0 Å². The number of hydrogen-bond donors (Lipinski definition) is 2. The van der Waals surface area contributed by atoms with Gasteiger partial charge in [0, 0.05) is 24.7 Å². The second-order valence-electron chi connectivity index (χ2n) is 4.85. The second-order valence-corrected chi connectivity index (χ2v) is 4.85. The number of carbonyl (C=O) groups is 1. The number of piperidine rings is 1. The molecule has 1 saturated heterocycles. The third-order valence-corrected chi connectivity index (χ3v) is 3.01. The molecule has 4 heteroatoms. The van der Waals surface area contributed by atoms with Crippen molar-refractivity contribution in [1.82, 2.24) is 10.2 Å². The minimum absolute atomic E-state index is 0.0213. The second kappa shape index (κ2) is 4.84. The molecule has 15 heavy (non-hydrogen) atoms. The zero-order valence-electron chi connectivity index (χ0n) is 10.0. The fraction of sp³-hybridized carbons (Fsp3) is 0.909. The molecule has 0 aliphatic carbocycles. The van der Waals surface area contributed by atoms with Crippen LogP contribution in [0.1, 0.15) is 40.0 Å². The Bertz CT molecular complexity index is 230. The molecule has 1 atom stereocenters. The lowest BCUT2D eigenvalue weighted by Crippen LogP contribution is -2.57. The standard InChI is InChI=1S/C11H23N3O/c1-4-11(12)6-5-7-14(8-11)10(15)13-9(2)3/h9H,4-8,12H2,1-3H3,(H,13,15). The predicted molar refractivity (Wildman–Crippen MR) is 61.7 cm³/mol. The highest BCUT2D eigenvalue weighted by Gasteiger charge is 2.32. The third-order valence-electron chi connectivity index (χ3n) is 3.01. The average Bonchev–Trinajstić information content (AvgIpc) is 2.17. The first-order valence-electron chi connectivity index (χ1n) is 5.81. The molecule has 88 valence electrons. The Labute approximate surface area is 92.2 Å². The maximum Gasteiger partial charge on any atom is 0.317 e. The number of nitrogens with one attached hydrogen (secondary N) is 1. The van der Waals surface area contributed by atoms with E-state index < -0.39 is 0 Å². The van der Waals surface area contributed by atoms with Gasteiger partial charge in [-0.25, -0.2) is 4.79 Å². The van der Waals surface area contributed by atoms with E-state index >= 15 is 0 Å².